The number of nitrogens with one attached hydrogen (secondary N) is 1. The van der Waals surface area contributed by atoms with Gasteiger partial charge in [0.15, 0.2) is 0 Å². The van der Waals surface area contributed by atoms with Crippen LogP contribution in [-0.2, 0) is 0 Å². The Morgan fingerprint density at radius 1 is 0.957 bits per heavy atom. The lowest BCUT2D eigenvalue weighted by Gasteiger charge is -2.31. The molecule has 1 saturated heterocycles. The van der Waals surface area contributed by atoms with E-state index in [-0.39, 0.29) is 0 Å². The first-order valence-corrected chi connectivity index (χ1v) is 8.37. The maximum absolute atomic E-state index is 4.18. The van der Waals surface area contributed by atoms with Gasteiger partial charge in [0.25, 0.3) is 0 Å². The van der Waals surface area contributed by atoms with Crippen LogP contribution in [0.1, 0.15) is 23.6 Å². The van der Waals surface area contributed by atoms with Crippen LogP contribution < -0.4 is 10.2 Å². The van der Waals surface area contributed by atoms with Crippen molar-refractivity contribution in [3.63, 3.8) is 0 Å². The summed E-state index contributed by atoms with van der Waals surface area (Å²) in [5, 5.41) is 3.50. The Hall–Kier alpha value is -1.91. The van der Waals surface area contributed by atoms with Gasteiger partial charge in [-0.2, -0.15) is 0 Å². The van der Waals surface area contributed by atoms with Crippen LogP contribution in [0.5, 0.6) is 0 Å². The van der Waals surface area contributed by atoms with Gasteiger partial charge in [-0.1, -0.05) is 12.1 Å². The molecule has 0 amide bonds. The molecular formula is C19H26N4. The van der Waals surface area contributed by atoms with Crippen LogP contribution in [0.3, 0.4) is 0 Å². The number of benzene rings is 1. The van der Waals surface area contributed by atoms with Crippen LogP contribution in [0.15, 0.2) is 48.8 Å². The average molecular weight is 310 g/mol. The lowest BCUT2D eigenvalue weighted by molar-refractivity contribution is 0.241. The number of anilines is 1. The van der Waals surface area contributed by atoms with Gasteiger partial charge < -0.3 is 10.2 Å². The first-order chi connectivity index (χ1) is 11.3. The molecule has 1 aliphatic rings. The van der Waals surface area contributed by atoms with Gasteiger partial charge in [0.2, 0.25) is 0 Å². The molecule has 0 saturated carbocycles. The maximum Gasteiger partial charge on any atom is 0.0603 e. The van der Waals surface area contributed by atoms with E-state index in [1.807, 2.05) is 12.4 Å². The van der Waals surface area contributed by atoms with Crippen molar-refractivity contribution in [1.82, 2.24) is 15.2 Å². The van der Waals surface area contributed by atoms with E-state index in [2.05, 4.69) is 70.6 Å². The molecule has 23 heavy (non-hydrogen) atoms. The highest BCUT2D eigenvalue weighted by atomic mass is 15.2. The number of hydrogen-bond donors (Lipinski definition) is 1. The van der Waals surface area contributed by atoms with Crippen LogP contribution in [0, 0.1) is 0 Å². The number of hydrogen-bond acceptors (Lipinski definition) is 4. The fourth-order valence-corrected chi connectivity index (χ4v) is 3.24. The fourth-order valence-electron chi connectivity index (χ4n) is 3.24. The van der Waals surface area contributed by atoms with Gasteiger partial charge in [0.05, 0.1) is 6.04 Å². The SMILES string of the molecule is CN(C)c1ccc(C(c2ccncc2)N2CCCNCC2)cc1. The Kier molecular flexibility index (Phi) is 5.26. The van der Waals surface area contributed by atoms with Gasteiger partial charge in [-0.15, -0.1) is 0 Å². The Morgan fingerprint density at radius 3 is 2.35 bits per heavy atom. The molecule has 122 valence electrons. The van der Waals surface area contributed by atoms with Crippen molar-refractivity contribution in [2.45, 2.75) is 12.5 Å². The minimum atomic E-state index is 0.300. The van der Waals surface area contributed by atoms with Gasteiger partial charge in [0.1, 0.15) is 0 Å². The van der Waals surface area contributed by atoms with Crippen LogP contribution in [0.4, 0.5) is 5.69 Å². The highest BCUT2D eigenvalue weighted by Gasteiger charge is 2.23. The van der Waals surface area contributed by atoms with Gasteiger partial charge in [-0.05, 0) is 48.4 Å². The van der Waals surface area contributed by atoms with Crippen molar-refractivity contribution in [2.75, 3.05) is 45.2 Å². The first kappa shape index (κ1) is 16.0. The summed E-state index contributed by atoms with van der Waals surface area (Å²) < 4.78 is 0. The number of aromatic nitrogens is 1. The van der Waals surface area contributed by atoms with Crippen LogP contribution in [0.25, 0.3) is 0 Å². The Labute approximate surface area is 139 Å². The maximum atomic E-state index is 4.18. The zero-order valence-electron chi connectivity index (χ0n) is 14.1. The van der Waals surface area contributed by atoms with E-state index in [0.29, 0.717) is 6.04 Å². The van der Waals surface area contributed by atoms with Crippen LogP contribution in [-0.4, -0.2) is 50.2 Å². The summed E-state index contributed by atoms with van der Waals surface area (Å²) in [7, 11) is 4.16. The van der Waals surface area contributed by atoms with E-state index in [1.54, 1.807) is 0 Å². The van der Waals surface area contributed by atoms with E-state index in [9.17, 15) is 0 Å². The summed E-state index contributed by atoms with van der Waals surface area (Å²) in [5.74, 6) is 0. The molecule has 1 fully saturated rings. The van der Waals surface area contributed by atoms with Crippen molar-refractivity contribution in [3.8, 4) is 0 Å². The monoisotopic (exact) mass is 310 g/mol. The fraction of sp³-hybridized carbons (Fsp3) is 0.421. The highest BCUT2D eigenvalue weighted by Crippen LogP contribution is 2.30. The van der Waals surface area contributed by atoms with Crippen molar-refractivity contribution >= 4 is 5.69 Å². The molecule has 0 aliphatic carbocycles. The molecular weight excluding hydrogens is 284 g/mol. The Balaban J connectivity index is 1.94. The molecule has 0 radical (unpaired) electrons. The highest BCUT2D eigenvalue weighted by molar-refractivity contribution is 5.47. The van der Waals surface area contributed by atoms with Crippen molar-refractivity contribution in [3.05, 3.63) is 59.9 Å². The van der Waals surface area contributed by atoms with E-state index in [0.717, 1.165) is 26.2 Å². The minimum absolute atomic E-state index is 0.300. The topological polar surface area (TPSA) is 31.4 Å². The molecule has 1 aromatic heterocycles. The molecule has 1 aliphatic heterocycles. The third kappa shape index (κ3) is 3.89. The Bertz CT molecular complexity index is 587. The van der Waals surface area contributed by atoms with Crippen LogP contribution >= 0.6 is 0 Å². The zero-order chi connectivity index (χ0) is 16.1. The van der Waals surface area contributed by atoms with Crippen molar-refractivity contribution in [2.24, 2.45) is 0 Å². The number of nitrogens with zero attached hydrogens (tertiary/aromatic N) is 3. The van der Waals surface area contributed by atoms with Gasteiger partial charge in [-0.25, -0.2) is 0 Å². The molecule has 1 aromatic carbocycles. The van der Waals surface area contributed by atoms with Crippen LogP contribution in [0.2, 0.25) is 0 Å². The quantitative estimate of drug-likeness (QED) is 0.940. The van der Waals surface area contributed by atoms with E-state index >= 15 is 0 Å². The Morgan fingerprint density at radius 2 is 1.65 bits per heavy atom. The average Bonchev–Trinajstić information content (AvgIpc) is 2.86. The third-order valence-corrected chi connectivity index (χ3v) is 4.49. The summed E-state index contributed by atoms with van der Waals surface area (Å²) in [6, 6.07) is 13.5. The summed E-state index contributed by atoms with van der Waals surface area (Å²) >= 11 is 0. The second-order valence-corrected chi connectivity index (χ2v) is 6.31. The molecule has 3 rings (SSSR count). The molecule has 2 heterocycles. The predicted molar refractivity (Wildman–Crippen MR) is 95.9 cm³/mol. The zero-order valence-corrected chi connectivity index (χ0v) is 14.1. The molecule has 4 nitrogen and oxygen atoms in total. The second-order valence-electron chi connectivity index (χ2n) is 6.31. The summed E-state index contributed by atoms with van der Waals surface area (Å²) in [6.07, 6.45) is 4.98. The van der Waals surface area contributed by atoms with E-state index in [1.165, 1.54) is 23.2 Å². The van der Waals surface area contributed by atoms with E-state index in [4.69, 9.17) is 0 Å². The molecule has 0 bridgehead atoms. The van der Waals surface area contributed by atoms with Crippen molar-refractivity contribution < 1.29 is 0 Å². The lowest BCUT2D eigenvalue weighted by atomic mass is 9.97. The number of pyridine rings is 1. The summed E-state index contributed by atoms with van der Waals surface area (Å²) in [6.45, 7) is 4.36. The first-order valence-electron chi connectivity index (χ1n) is 8.37. The molecule has 0 spiro atoms. The standard InChI is InChI=1S/C19H26N4/c1-22(2)18-6-4-16(5-7-18)19(17-8-11-21-12-9-17)23-14-3-10-20-13-15-23/h4-9,11-12,19-20H,3,10,13-15H2,1-2H3. The predicted octanol–water partition coefficient (Wildman–Crippen LogP) is 2.53. The molecule has 1 atom stereocenters. The normalized spacial score (nSPS) is 17.5. The smallest absolute Gasteiger partial charge is 0.0603 e. The summed E-state index contributed by atoms with van der Waals surface area (Å²) in [5.41, 5.74) is 3.91. The van der Waals surface area contributed by atoms with Crippen molar-refractivity contribution in [1.29, 1.82) is 0 Å². The molecule has 1 N–H and O–H groups in total. The van der Waals surface area contributed by atoms with Gasteiger partial charge in [0, 0.05) is 51.8 Å². The lowest BCUT2D eigenvalue weighted by Crippen LogP contribution is -2.33. The largest absolute Gasteiger partial charge is 0.378 e. The van der Waals surface area contributed by atoms with Gasteiger partial charge >= 0.3 is 0 Å². The third-order valence-electron chi connectivity index (χ3n) is 4.49. The molecule has 1 unspecified atom stereocenters. The summed E-state index contributed by atoms with van der Waals surface area (Å²) in [4.78, 5) is 8.91. The molecule has 4 heteroatoms. The molecule has 2 aromatic rings. The van der Waals surface area contributed by atoms with E-state index < -0.39 is 0 Å². The number of rotatable bonds is 4. The minimum Gasteiger partial charge on any atom is -0.378 e. The van der Waals surface area contributed by atoms with Gasteiger partial charge in [-0.3, -0.25) is 9.88 Å². The second kappa shape index (κ2) is 7.57.